The molecule has 0 aromatic carbocycles. The van der Waals surface area contributed by atoms with Crippen LogP contribution in [0.15, 0.2) is 0 Å². The lowest BCUT2D eigenvalue weighted by atomic mass is 10.2. The topological polar surface area (TPSA) is 80.7 Å². The monoisotopic (exact) mass is 238 g/mol. The van der Waals surface area contributed by atoms with Crippen molar-refractivity contribution in [2.24, 2.45) is 0 Å². The van der Waals surface area contributed by atoms with Crippen molar-refractivity contribution in [3.8, 4) is 0 Å². The van der Waals surface area contributed by atoms with Crippen LogP contribution in [0.4, 0.5) is 0 Å². The largest absolute Gasteiger partial charge is 0.464 e. The first kappa shape index (κ1) is 14.4. The highest BCUT2D eigenvalue weighted by Crippen LogP contribution is 2.03. The highest BCUT2D eigenvalue weighted by atomic mass is 32.2. The minimum atomic E-state index is -4.10. The molecule has 15 heavy (non-hydrogen) atoms. The Morgan fingerprint density at radius 1 is 1.40 bits per heavy atom. The molecule has 6 heteroatoms. The molecule has 0 aliphatic rings. The molecule has 0 amide bonds. The van der Waals surface area contributed by atoms with Crippen molar-refractivity contribution in [3.63, 3.8) is 0 Å². The Kier molecular flexibility index (Phi) is 6.51. The molecule has 1 atom stereocenters. The van der Waals surface area contributed by atoms with Crippen LogP contribution >= 0.6 is 0 Å². The quantitative estimate of drug-likeness (QED) is 0.412. The Bertz CT molecular complexity index is 283. The molecule has 0 spiro atoms. The van der Waals surface area contributed by atoms with Crippen molar-refractivity contribution >= 4 is 16.1 Å². The molecule has 0 saturated carbocycles. The Morgan fingerprint density at radius 2 is 2.00 bits per heavy atom. The summed E-state index contributed by atoms with van der Waals surface area (Å²) in [5.74, 6) is -0.418. The maximum Gasteiger partial charge on any atom is 0.305 e. The van der Waals surface area contributed by atoms with Crippen LogP contribution in [-0.2, 0) is 19.6 Å². The van der Waals surface area contributed by atoms with Crippen LogP contribution in [0, 0.1) is 0 Å². The number of unbranched alkanes of at least 4 members (excludes halogenated alkanes) is 2. The van der Waals surface area contributed by atoms with Gasteiger partial charge in [0, 0.05) is 6.42 Å². The predicted octanol–water partition coefficient (Wildman–Crippen LogP) is 1.39. The number of ether oxygens (including phenoxy) is 1. The van der Waals surface area contributed by atoms with E-state index in [9.17, 15) is 13.2 Å². The number of hydrogen-bond acceptors (Lipinski definition) is 4. The van der Waals surface area contributed by atoms with Gasteiger partial charge in [-0.05, 0) is 13.3 Å². The molecule has 0 aromatic heterocycles. The standard InChI is InChI=1S/C9H18O5S/c1-3-4-5-6-9(10)14-7-8(2)15(11,12)13/h8H,3-7H2,1-2H3,(H,11,12,13). The molecule has 90 valence electrons. The Hall–Kier alpha value is -0.620. The van der Waals surface area contributed by atoms with Crippen molar-refractivity contribution in [3.05, 3.63) is 0 Å². The minimum Gasteiger partial charge on any atom is -0.464 e. The third-order valence-electron chi connectivity index (χ3n) is 1.97. The van der Waals surface area contributed by atoms with Crippen LogP contribution in [0.2, 0.25) is 0 Å². The third kappa shape index (κ3) is 7.33. The summed E-state index contributed by atoms with van der Waals surface area (Å²) in [6.07, 6.45) is 3.00. The molecule has 1 unspecified atom stereocenters. The fourth-order valence-corrected chi connectivity index (χ4v) is 1.13. The van der Waals surface area contributed by atoms with E-state index in [4.69, 9.17) is 9.29 Å². The van der Waals surface area contributed by atoms with Gasteiger partial charge >= 0.3 is 5.97 Å². The van der Waals surface area contributed by atoms with E-state index < -0.39 is 21.3 Å². The van der Waals surface area contributed by atoms with Crippen LogP contribution in [0.25, 0.3) is 0 Å². The molecule has 0 rings (SSSR count). The lowest BCUT2D eigenvalue weighted by Gasteiger charge is -2.08. The van der Waals surface area contributed by atoms with Crippen LogP contribution in [0.1, 0.15) is 39.5 Å². The second-order valence-electron chi connectivity index (χ2n) is 3.47. The minimum absolute atomic E-state index is 0.288. The summed E-state index contributed by atoms with van der Waals surface area (Å²) in [6.45, 7) is 3.02. The summed E-state index contributed by atoms with van der Waals surface area (Å²) in [6, 6.07) is 0. The van der Waals surface area contributed by atoms with Gasteiger partial charge in [0.05, 0.1) is 0 Å². The molecule has 0 aliphatic heterocycles. The van der Waals surface area contributed by atoms with E-state index in [2.05, 4.69) is 0 Å². The van der Waals surface area contributed by atoms with Gasteiger partial charge in [-0.15, -0.1) is 0 Å². The van der Waals surface area contributed by atoms with Crippen molar-refractivity contribution in [2.75, 3.05) is 6.61 Å². The van der Waals surface area contributed by atoms with Gasteiger partial charge in [-0.3, -0.25) is 9.35 Å². The molecular formula is C9H18O5S. The summed E-state index contributed by atoms with van der Waals surface area (Å²) >= 11 is 0. The second-order valence-corrected chi connectivity index (χ2v) is 5.30. The SMILES string of the molecule is CCCCCC(=O)OCC(C)S(=O)(=O)O. The fourth-order valence-electron chi connectivity index (χ4n) is 0.888. The zero-order valence-electron chi connectivity index (χ0n) is 9.10. The molecule has 0 heterocycles. The fraction of sp³-hybridized carbons (Fsp3) is 0.889. The zero-order valence-corrected chi connectivity index (χ0v) is 9.92. The van der Waals surface area contributed by atoms with E-state index in [1.165, 1.54) is 6.92 Å². The van der Waals surface area contributed by atoms with Gasteiger partial charge in [0.25, 0.3) is 10.1 Å². The van der Waals surface area contributed by atoms with Crippen LogP contribution < -0.4 is 0 Å². The number of esters is 1. The number of carbonyl (C=O) groups is 1. The van der Waals surface area contributed by atoms with E-state index in [1.807, 2.05) is 6.92 Å². The van der Waals surface area contributed by atoms with E-state index in [0.29, 0.717) is 6.42 Å². The van der Waals surface area contributed by atoms with E-state index in [-0.39, 0.29) is 6.61 Å². The van der Waals surface area contributed by atoms with Gasteiger partial charge in [0.2, 0.25) is 0 Å². The molecule has 0 fully saturated rings. The first-order chi connectivity index (χ1) is 6.88. The third-order valence-corrected chi connectivity index (χ3v) is 3.12. The van der Waals surface area contributed by atoms with Gasteiger partial charge in [-0.1, -0.05) is 19.8 Å². The Balaban J connectivity index is 3.72. The average Bonchev–Trinajstić information content (AvgIpc) is 2.13. The second kappa shape index (κ2) is 6.79. The smallest absolute Gasteiger partial charge is 0.305 e. The Morgan fingerprint density at radius 3 is 2.47 bits per heavy atom. The van der Waals surface area contributed by atoms with Crippen molar-refractivity contribution in [2.45, 2.75) is 44.8 Å². The van der Waals surface area contributed by atoms with Gasteiger partial charge in [0.1, 0.15) is 11.9 Å². The molecular weight excluding hydrogens is 220 g/mol. The first-order valence-corrected chi connectivity index (χ1v) is 6.50. The zero-order chi connectivity index (χ0) is 11.9. The van der Waals surface area contributed by atoms with Gasteiger partial charge in [-0.25, -0.2) is 0 Å². The van der Waals surface area contributed by atoms with E-state index >= 15 is 0 Å². The molecule has 0 aromatic rings. The van der Waals surface area contributed by atoms with E-state index in [0.717, 1.165) is 19.3 Å². The van der Waals surface area contributed by atoms with E-state index in [1.54, 1.807) is 0 Å². The first-order valence-electron chi connectivity index (χ1n) is 4.99. The summed E-state index contributed by atoms with van der Waals surface area (Å²) in [5, 5.41) is -1.06. The molecule has 0 bridgehead atoms. The number of carbonyl (C=O) groups excluding carboxylic acids is 1. The normalized spacial score (nSPS) is 13.5. The van der Waals surface area contributed by atoms with Crippen molar-refractivity contribution in [1.82, 2.24) is 0 Å². The summed E-state index contributed by atoms with van der Waals surface area (Å²) in [4.78, 5) is 11.1. The van der Waals surface area contributed by atoms with Crippen molar-refractivity contribution < 1.29 is 22.5 Å². The highest BCUT2D eigenvalue weighted by Gasteiger charge is 2.18. The number of rotatable bonds is 7. The van der Waals surface area contributed by atoms with Gasteiger partial charge < -0.3 is 4.74 Å². The van der Waals surface area contributed by atoms with Crippen LogP contribution in [0.3, 0.4) is 0 Å². The number of hydrogen-bond donors (Lipinski definition) is 1. The average molecular weight is 238 g/mol. The summed E-state index contributed by atoms with van der Waals surface area (Å²) in [5.41, 5.74) is 0. The highest BCUT2D eigenvalue weighted by molar-refractivity contribution is 7.86. The maximum atomic E-state index is 11.1. The Labute approximate surface area is 90.6 Å². The summed E-state index contributed by atoms with van der Waals surface area (Å²) in [7, 11) is -4.10. The predicted molar refractivity (Wildman–Crippen MR) is 56.1 cm³/mol. The molecule has 5 nitrogen and oxygen atoms in total. The molecule has 1 N–H and O–H groups in total. The molecule has 0 saturated heterocycles. The summed E-state index contributed by atoms with van der Waals surface area (Å²) < 4.78 is 34.4. The van der Waals surface area contributed by atoms with Crippen LogP contribution in [-0.4, -0.2) is 30.8 Å². The van der Waals surface area contributed by atoms with Gasteiger partial charge in [0.15, 0.2) is 0 Å². The maximum absolute atomic E-state index is 11.1. The molecule has 0 radical (unpaired) electrons. The molecule has 0 aliphatic carbocycles. The van der Waals surface area contributed by atoms with Crippen molar-refractivity contribution in [1.29, 1.82) is 0 Å². The van der Waals surface area contributed by atoms with Gasteiger partial charge in [-0.2, -0.15) is 8.42 Å². The van der Waals surface area contributed by atoms with Crippen LogP contribution in [0.5, 0.6) is 0 Å². The lowest BCUT2D eigenvalue weighted by molar-refractivity contribution is -0.143. The lowest BCUT2D eigenvalue weighted by Crippen LogP contribution is -2.24.